The number of fused-ring (bicyclic) bond motifs is 3. The van der Waals surface area contributed by atoms with Crippen LogP contribution in [0.15, 0.2) is 60.7 Å². The average Bonchev–Trinajstić information content (AvgIpc) is 3.59. The van der Waals surface area contributed by atoms with Crippen molar-refractivity contribution < 1.29 is 0 Å². The monoisotopic (exact) mass is 524 g/mol. The molecule has 37 heavy (non-hydrogen) atoms. The molecule has 6 heteroatoms. The molecule has 0 spiro atoms. The topological polar surface area (TPSA) is 43.6 Å². The third kappa shape index (κ3) is 4.57. The summed E-state index contributed by atoms with van der Waals surface area (Å²) >= 11 is 3.46. The summed E-state index contributed by atoms with van der Waals surface area (Å²) in [4.78, 5) is 11.1. The summed E-state index contributed by atoms with van der Waals surface area (Å²) in [5, 5.41) is 2.50. The minimum absolute atomic E-state index is 0.323. The summed E-state index contributed by atoms with van der Waals surface area (Å²) in [6.07, 6.45) is 1.94. The maximum atomic E-state index is 4.91. The van der Waals surface area contributed by atoms with Gasteiger partial charge in [0.05, 0.1) is 31.8 Å². The Labute approximate surface area is 226 Å². The number of rotatable bonds is 7. The maximum absolute atomic E-state index is 4.91. The van der Waals surface area contributed by atoms with Crippen LogP contribution in [0.25, 0.3) is 32.2 Å². The molecule has 0 saturated heterocycles. The van der Waals surface area contributed by atoms with E-state index >= 15 is 0 Å². The molecule has 0 N–H and O–H groups in total. The normalized spacial score (nSPS) is 13.8. The minimum atomic E-state index is 0.323. The maximum Gasteiger partial charge on any atom is 0.112 e. The zero-order valence-electron chi connectivity index (χ0n) is 22.0. The molecule has 0 bridgehead atoms. The SMILES string of the molecule is CC(C)c1nc2cc(CC(C)c3snc4cc(CC(C)c5nc6ccccc6n5C)ccc34)ccc2s1. The van der Waals surface area contributed by atoms with E-state index in [-0.39, 0.29) is 0 Å². The Kier molecular flexibility index (Phi) is 6.33. The summed E-state index contributed by atoms with van der Waals surface area (Å²) in [5.41, 5.74) is 7.15. The van der Waals surface area contributed by atoms with E-state index in [9.17, 15) is 0 Å². The van der Waals surface area contributed by atoms with Crippen molar-refractivity contribution in [2.45, 2.75) is 58.3 Å². The van der Waals surface area contributed by atoms with Gasteiger partial charge in [-0.05, 0) is 71.8 Å². The fraction of sp³-hybridized carbons (Fsp3) is 0.323. The smallest absolute Gasteiger partial charge is 0.112 e. The number of imidazole rings is 1. The van der Waals surface area contributed by atoms with Crippen molar-refractivity contribution in [3.8, 4) is 0 Å². The molecule has 0 aliphatic rings. The second kappa shape index (κ2) is 9.66. The van der Waals surface area contributed by atoms with E-state index in [1.165, 1.54) is 36.6 Å². The largest absolute Gasteiger partial charge is 0.331 e. The molecule has 0 aliphatic heterocycles. The second-order valence-electron chi connectivity index (χ2n) is 10.6. The predicted molar refractivity (Wildman–Crippen MR) is 158 cm³/mol. The van der Waals surface area contributed by atoms with Crippen LogP contribution in [-0.2, 0) is 19.9 Å². The molecule has 0 saturated carbocycles. The molecule has 0 amide bonds. The number of hydrogen-bond acceptors (Lipinski definition) is 5. The number of nitrogens with zero attached hydrogens (tertiary/aromatic N) is 4. The van der Waals surface area contributed by atoms with E-state index in [0.717, 1.165) is 35.2 Å². The van der Waals surface area contributed by atoms with Gasteiger partial charge in [-0.3, -0.25) is 0 Å². The Morgan fingerprint density at radius 2 is 1.51 bits per heavy atom. The van der Waals surface area contributed by atoms with Crippen LogP contribution in [0.2, 0.25) is 0 Å². The van der Waals surface area contributed by atoms with E-state index in [4.69, 9.17) is 14.3 Å². The quantitative estimate of drug-likeness (QED) is 0.210. The van der Waals surface area contributed by atoms with Gasteiger partial charge in [0.1, 0.15) is 5.82 Å². The van der Waals surface area contributed by atoms with Crippen molar-refractivity contribution in [3.63, 3.8) is 0 Å². The van der Waals surface area contributed by atoms with Crippen LogP contribution < -0.4 is 0 Å². The molecule has 2 atom stereocenters. The van der Waals surface area contributed by atoms with Crippen molar-refractivity contribution in [2.75, 3.05) is 0 Å². The van der Waals surface area contributed by atoms with Gasteiger partial charge in [0.2, 0.25) is 0 Å². The van der Waals surface area contributed by atoms with Gasteiger partial charge >= 0.3 is 0 Å². The first-order valence-corrected chi connectivity index (χ1v) is 14.6. The summed E-state index contributed by atoms with van der Waals surface area (Å²) in [5.74, 6) is 2.33. The first-order valence-electron chi connectivity index (χ1n) is 13.1. The molecule has 3 aromatic heterocycles. The van der Waals surface area contributed by atoms with Crippen LogP contribution in [-0.4, -0.2) is 18.9 Å². The van der Waals surface area contributed by atoms with Crippen molar-refractivity contribution in [1.29, 1.82) is 0 Å². The van der Waals surface area contributed by atoms with E-state index in [2.05, 4.69) is 100.0 Å². The Morgan fingerprint density at radius 3 is 2.30 bits per heavy atom. The minimum Gasteiger partial charge on any atom is -0.331 e. The van der Waals surface area contributed by atoms with Gasteiger partial charge in [0.15, 0.2) is 0 Å². The molecule has 188 valence electrons. The van der Waals surface area contributed by atoms with Crippen LogP contribution in [0, 0.1) is 0 Å². The van der Waals surface area contributed by atoms with Crippen LogP contribution in [0.1, 0.15) is 72.3 Å². The molecule has 3 heterocycles. The van der Waals surface area contributed by atoms with Gasteiger partial charge in [-0.25, -0.2) is 9.97 Å². The summed E-state index contributed by atoms with van der Waals surface area (Å²) in [6, 6.07) is 22.0. The van der Waals surface area contributed by atoms with Crippen molar-refractivity contribution in [1.82, 2.24) is 18.9 Å². The molecule has 3 aromatic carbocycles. The highest BCUT2D eigenvalue weighted by Crippen LogP contribution is 2.34. The first kappa shape index (κ1) is 24.3. The van der Waals surface area contributed by atoms with Gasteiger partial charge < -0.3 is 4.57 Å². The summed E-state index contributed by atoms with van der Waals surface area (Å²) in [6.45, 7) is 9.01. The summed E-state index contributed by atoms with van der Waals surface area (Å²) < 4.78 is 8.37. The lowest BCUT2D eigenvalue weighted by atomic mass is 9.95. The molecule has 4 nitrogen and oxygen atoms in total. The van der Waals surface area contributed by atoms with Crippen LogP contribution in [0.3, 0.4) is 0 Å². The Hall–Kier alpha value is -3.09. The van der Waals surface area contributed by atoms with E-state index < -0.39 is 0 Å². The Bertz CT molecular complexity index is 1720. The lowest BCUT2D eigenvalue weighted by molar-refractivity contribution is 0.665. The zero-order chi connectivity index (χ0) is 25.7. The first-order chi connectivity index (χ1) is 17.9. The van der Waals surface area contributed by atoms with Gasteiger partial charge in [0, 0.05) is 29.1 Å². The molecule has 2 unspecified atom stereocenters. The molecule has 6 aromatic rings. The summed E-state index contributed by atoms with van der Waals surface area (Å²) in [7, 11) is 2.12. The van der Waals surface area contributed by atoms with Crippen LogP contribution >= 0.6 is 22.9 Å². The number of benzene rings is 3. The molecule has 0 aliphatic carbocycles. The molecule has 0 fully saturated rings. The predicted octanol–water partition coefficient (Wildman–Crippen LogP) is 8.61. The highest BCUT2D eigenvalue weighted by Gasteiger charge is 2.18. The van der Waals surface area contributed by atoms with E-state index in [1.54, 1.807) is 11.5 Å². The number of aromatic nitrogens is 4. The van der Waals surface area contributed by atoms with Crippen LogP contribution in [0.5, 0.6) is 0 Å². The van der Waals surface area contributed by atoms with Gasteiger partial charge in [-0.2, -0.15) is 4.37 Å². The number of aryl methyl sites for hydroxylation is 1. The zero-order valence-corrected chi connectivity index (χ0v) is 23.7. The number of para-hydroxylation sites is 2. The fourth-order valence-electron chi connectivity index (χ4n) is 5.35. The molecular weight excluding hydrogens is 493 g/mol. The average molecular weight is 525 g/mol. The van der Waals surface area contributed by atoms with Gasteiger partial charge in [-0.1, -0.05) is 58.0 Å². The van der Waals surface area contributed by atoms with Gasteiger partial charge in [0.25, 0.3) is 0 Å². The standard InChI is InChI=1S/C31H32N4S2/c1-18(2)31-33-26-17-22(11-13-28(26)36-31)14-19(3)29-23-12-10-21(16-25(23)34-37-29)15-20(4)30-32-24-8-6-7-9-27(24)35(30)5/h6-13,16-20H,14-15H2,1-5H3. The lowest BCUT2D eigenvalue weighted by Crippen LogP contribution is -2.06. The van der Waals surface area contributed by atoms with Gasteiger partial charge in [-0.15, -0.1) is 11.3 Å². The second-order valence-corrected chi connectivity index (χ2v) is 12.5. The highest BCUT2D eigenvalue weighted by molar-refractivity contribution is 7.18. The number of thiazole rings is 1. The van der Waals surface area contributed by atoms with E-state index in [1.807, 2.05) is 11.3 Å². The molecule has 0 radical (unpaired) electrons. The Balaban J connectivity index is 1.20. The molecule has 6 rings (SSSR count). The highest BCUT2D eigenvalue weighted by atomic mass is 32.1. The fourth-order valence-corrected chi connectivity index (χ4v) is 7.18. The third-order valence-corrected chi connectivity index (χ3v) is 9.77. The lowest BCUT2D eigenvalue weighted by Gasteiger charge is -2.12. The third-order valence-electron chi connectivity index (χ3n) is 7.33. The van der Waals surface area contributed by atoms with Crippen molar-refractivity contribution in [3.05, 3.63) is 87.5 Å². The Morgan fingerprint density at radius 1 is 0.784 bits per heavy atom. The number of hydrogen-bond donors (Lipinski definition) is 0. The van der Waals surface area contributed by atoms with Crippen LogP contribution in [0.4, 0.5) is 0 Å². The van der Waals surface area contributed by atoms with Crippen molar-refractivity contribution >= 4 is 55.0 Å². The van der Waals surface area contributed by atoms with E-state index in [0.29, 0.717) is 17.8 Å². The van der Waals surface area contributed by atoms with Crippen molar-refractivity contribution in [2.24, 2.45) is 7.05 Å². The molecular formula is C31H32N4S2.